The fraction of sp³-hybridized carbons (Fsp3) is 0.0943. The molecule has 0 atom stereocenters. The first-order chi connectivity index (χ1) is 27.7. The van der Waals surface area contributed by atoms with Crippen LogP contribution >= 0.6 is 0 Å². The molecule has 0 fully saturated rings. The Bertz CT molecular complexity index is 2880. The van der Waals surface area contributed by atoms with Crippen LogP contribution in [0.2, 0.25) is 0 Å². The largest absolute Gasteiger partial charge is 0.507 e. The molecule has 57 heavy (non-hydrogen) atoms. The van der Waals surface area contributed by atoms with Crippen molar-refractivity contribution in [2.45, 2.75) is 33.1 Å². The van der Waals surface area contributed by atoms with Gasteiger partial charge in [0.25, 0.3) is 0 Å². The predicted molar refractivity (Wildman–Crippen MR) is 237 cm³/mol. The van der Waals surface area contributed by atoms with E-state index in [4.69, 9.17) is 9.97 Å². The van der Waals surface area contributed by atoms with Gasteiger partial charge in [0.15, 0.2) is 0 Å². The number of imidazole rings is 1. The Labute approximate surface area is 334 Å². The summed E-state index contributed by atoms with van der Waals surface area (Å²) in [6, 6.07) is 61.2. The number of aromatic nitrogens is 3. The van der Waals surface area contributed by atoms with E-state index < -0.39 is 0 Å². The molecule has 0 amide bonds. The van der Waals surface area contributed by atoms with Crippen LogP contribution in [0.15, 0.2) is 182 Å². The lowest BCUT2D eigenvalue weighted by molar-refractivity contribution is 0.477. The van der Waals surface area contributed by atoms with Crippen molar-refractivity contribution in [3.05, 3.63) is 193 Å². The number of phenolic OH excluding ortho intramolecular Hbond substituents is 1. The zero-order chi connectivity index (χ0) is 39.1. The summed E-state index contributed by atoms with van der Waals surface area (Å²) in [4.78, 5) is 10.3. The molecule has 0 bridgehead atoms. The summed E-state index contributed by atoms with van der Waals surface area (Å²) in [5.41, 5.74) is 16.6. The van der Waals surface area contributed by atoms with Crippen molar-refractivity contribution in [2.75, 3.05) is 0 Å². The third-order valence-electron chi connectivity index (χ3n) is 10.7. The van der Waals surface area contributed by atoms with Gasteiger partial charge < -0.3 is 5.11 Å². The molecule has 0 unspecified atom stereocenters. The topological polar surface area (TPSA) is 50.9 Å². The second-order valence-corrected chi connectivity index (χ2v) is 15.8. The normalized spacial score (nSPS) is 11.6. The third-order valence-corrected chi connectivity index (χ3v) is 10.7. The highest BCUT2D eigenvalue weighted by Crippen LogP contribution is 2.41. The van der Waals surface area contributed by atoms with Crippen LogP contribution in [0.4, 0.5) is 0 Å². The molecule has 2 heterocycles. The van der Waals surface area contributed by atoms with Gasteiger partial charge in [-0.3, -0.25) is 9.55 Å². The summed E-state index contributed by atoms with van der Waals surface area (Å²) in [6.45, 7) is 8.88. The monoisotopic (exact) mass is 737 g/mol. The lowest BCUT2D eigenvalue weighted by Crippen LogP contribution is -2.11. The number of aryl methyl sites for hydroxylation is 1. The minimum absolute atomic E-state index is 0.126. The molecule has 276 valence electrons. The predicted octanol–water partition coefficient (Wildman–Crippen LogP) is 13.7. The Kier molecular flexibility index (Phi) is 9.10. The Morgan fingerprint density at radius 1 is 0.491 bits per heavy atom. The van der Waals surface area contributed by atoms with E-state index in [-0.39, 0.29) is 11.2 Å². The van der Waals surface area contributed by atoms with Crippen molar-refractivity contribution in [1.82, 2.24) is 14.5 Å². The molecule has 1 N–H and O–H groups in total. The average Bonchev–Trinajstić information content (AvgIpc) is 3.64. The highest BCUT2D eigenvalue weighted by molar-refractivity contribution is 5.97. The summed E-state index contributed by atoms with van der Waals surface area (Å²) >= 11 is 0. The van der Waals surface area contributed by atoms with Gasteiger partial charge in [0.05, 0.1) is 22.3 Å². The minimum Gasteiger partial charge on any atom is -0.507 e. The maximum atomic E-state index is 11.2. The summed E-state index contributed by atoms with van der Waals surface area (Å²) in [7, 11) is 0. The van der Waals surface area contributed by atoms with Crippen LogP contribution in [0, 0.1) is 6.92 Å². The number of rotatable bonds is 7. The third kappa shape index (κ3) is 7.03. The molecule has 4 heteroatoms. The molecule has 0 spiro atoms. The van der Waals surface area contributed by atoms with E-state index in [9.17, 15) is 5.11 Å². The van der Waals surface area contributed by atoms with E-state index in [1.165, 1.54) is 16.7 Å². The standard InChI is InChI=1S/C53H43N3O/c1-35-28-41(37-16-9-6-10-17-37)33-45(29-35)56-49-20-13-19-46(51(49)55-52(56)47-18-11-12-21-50(47)57)42-30-43(32-44(31-42)53(2,3)4)48-34-40(26-27-54-48)39-24-22-38(23-25-39)36-14-7-5-8-15-36/h5-34,57H,1-4H3. The van der Waals surface area contributed by atoms with Gasteiger partial charge in [0.1, 0.15) is 11.6 Å². The van der Waals surface area contributed by atoms with E-state index in [1.807, 2.05) is 36.5 Å². The summed E-state index contributed by atoms with van der Waals surface area (Å²) in [6.07, 6.45) is 1.91. The van der Waals surface area contributed by atoms with Gasteiger partial charge in [0, 0.05) is 23.0 Å². The Morgan fingerprint density at radius 2 is 1.11 bits per heavy atom. The maximum Gasteiger partial charge on any atom is 0.149 e. The molecule has 7 aromatic carbocycles. The van der Waals surface area contributed by atoms with Crippen molar-refractivity contribution in [1.29, 1.82) is 0 Å². The van der Waals surface area contributed by atoms with Gasteiger partial charge in [-0.2, -0.15) is 0 Å². The Hall–Kier alpha value is -7.04. The Morgan fingerprint density at radius 3 is 1.81 bits per heavy atom. The molecule has 9 aromatic rings. The molecule has 0 aliphatic carbocycles. The molecule has 0 aliphatic heterocycles. The number of hydrogen-bond donors (Lipinski definition) is 1. The second-order valence-electron chi connectivity index (χ2n) is 15.8. The maximum absolute atomic E-state index is 11.2. The fourth-order valence-corrected chi connectivity index (χ4v) is 7.74. The van der Waals surface area contributed by atoms with Crippen molar-refractivity contribution in [3.63, 3.8) is 0 Å². The molecule has 2 aromatic heterocycles. The van der Waals surface area contributed by atoms with Crippen LogP contribution in [0.5, 0.6) is 5.75 Å². The SMILES string of the molecule is Cc1cc(-c2ccccc2)cc(-n2c(-c3ccccc3O)nc3c(-c4cc(-c5cc(-c6ccc(-c7ccccc7)cc6)ccn5)cc(C(C)(C)C)c4)cccc32)c1. The van der Waals surface area contributed by atoms with E-state index in [1.54, 1.807) is 6.07 Å². The highest BCUT2D eigenvalue weighted by Gasteiger charge is 2.22. The van der Waals surface area contributed by atoms with Crippen molar-refractivity contribution in [3.8, 4) is 78.6 Å². The van der Waals surface area contributed by atoms with Gasteiger partial charge >= 0.3 is 0 Å². The lowest BCUT2D eigenvalue weighted by Gasteiger charge is -2.22. The first kappa shape index (κ1) is 35.6. The minimum atomic E-state index is -0.126. The Balaban J connectivity index is 1.20. The number of hydrogen-bond acceptors (Lipinski definition) is 3. The fourth-order valence-electron chi connectivity index (χ4n) is 7.74. The molecule has 0 radical (unpaired) electrons. The molecule has 0 saturated heterocycles. The van der Waals surface area contributed by atoms with Crippen LogP contribution in [0.3, 0.4) is 0 Å². The molecule has 9 rings (SSSR count). The smallest absolute Gasteiger partial charge is 0.149 e. The van der Waals surface area contributed by atoms with Crippen LogP contribution in [-0.4, -0.2) is 19.6 Å². The zero-order valence-electron chi connectivity index (χ0n) is 32.6. The van der Waals surface area contributed by atoms with Crippen LogP contribution in [0.1, 0.15) is 31.9 Å². The van der Waals surface area contributed by atoms with E-state index in [0.717, 1.165) is 66.9 Å². The van der Waals surface area contributed by atoms with E-state index in [0.29, 0.717) is 11.4 Å². The van der Waals surface area contributed by atoms with Gasteiger partial charge in [-0.05, 0) is 117 Å². The first-order valence-corrected chi connectivity index (χ1v) is 19.5. The quantitative estimate of drug-likeness (QED) is 0.177. The highest BCUT2D eigenvalue weighted by atomic mass is 16.3. The van der Waals surface area contributed by atoms with Crippen molar-refractivity contribution >= 4 is 11.0 Å². The van der Waals surface area contributed by atoms with Crippen LogP contribution < -0.4 is 0 Å². The molecular formula is C53H43N3O. The second kappa shape index (κ2) is 14.6. The van der Waals surface area contributed by atoms with E-state index in [2.05, 4.69) is 172 Å². The first-order valence-electron chi connectivity index (χ1n) is 19.5. The van der Waals surface area contributed by atoms with Crippen LogP contribution in [0.25, 0.3) is 83.9 Å². The van der Waals surface area contributed by atoms with Crippen molar-refractivity contribution < 1.29 is 5.11 Å². The average molecular weight is 738 g/mol. The van der Waals surface area contributed by atoms with E-state index >= 15 is 0 Å². The van der Waals surface area contributed by atoms with Crippen molar-refractivity contribution in [2.24, 2.45) is 0 Å². The number of aromatic hydroxyl groups is 1. The molecule has 0 saturated carbocycles. The lowest BCUT2D eigenvalue weighted by atomic mass is 9.83. The number of pyridine rings is 1. The van der Waals surface area contributed by atoms with Crippen LogP contribution in [-0.2, 0) is 5.41 Å². The molecule has 0 aliphatic rings. The number of nitrogens with zero attached hydrogens (tertiary/aromatic N) is 3. The number of benzene rings is 7. The number of para-hydroxylation sites is 2. The zero-order valence-corrected chi connectivity index (χ0v) is 32.6. The van der Waals surface area contributed by atoms with Gasteiger partial charge in [-0.25, -0.2) is 4.98 Å². The van der Waals surface area contributed by atoms with Gasteiger partial charge in [-0.1, -0.05) is 142 Å². The summed E-state index contributed by atoms with van der Waals surface area (Å²) in [5, 5.41) is 11.2. The number of phenols is 1. The number of fused-ring (bicyclic) bond motifs is 1. The molecular weight excluding hydrogens is 695 g/mol. The van der Waals surface area contributed by atoms with Gasteiger partial charge in [0.2, 0.25) is 0 Å². The summed E-state index contributed by atoms with van der Waals surface area (Å²) in [5.74, 6) is 0.865. The molecule has 4 nitrogen and oxygen atoms in total. The summed E-state index contributed by atoms with van der Waals surface area (Å²) < 4.78 is 2.19. The van der Waals surface area contributed by atoms with Gasteiger partial charge in [-0.15, -0.1) is 0 Å².